The van der Waals surface area contributed by atoms with Crippen LogP contribution < -0.4 is 10.6 Å². The molecular weight excluding hydrogens is 244 g/mol. The third-order valence-corrected chi connectivity index (χ3v) is 2.95. The molecule has 0 heterocycles. The lowest BCUT2D eigenvalue weighted by Crippen LogP contribution is -2.44. The second-order valence-corrected chi connectivity index (χ2v) is 4.60. The van der Waals surface area contributed by atoms with Gasteiger partial charge < -0.3 is 5.32 Å². The maximum Gasteiger partial charge on any atom is 0.257 e. The number of nitrogens with one attached hydrogen (secondary N) is 2. The number of benzene rings is 1. The molecule has 4 heteroatoms. The van der Waals surface area contributed by atoms with Crippen LogP contribution in [0.2, 0.25) is 0 Å². The SMILES string of the molecule is CCCC(CC)NC(=S)NC(=O)c1ccccc1. The Morgan fingerprint density at radius 2 is 1.94 bits per heavy atom. The molecule has 2 N–H and O–H groups in total. The van der Waals surface area contributed by atoms with Gasteiger partial charge in [0.15, 0.2) is 5.11 Å². The van der Waals surface area contributed by atoms with Crippen molar-refractivity contribution in [2.75, 3.05) is 0 Å². The molecule has 0 saturated heterocycles. The number of amides is 1. The molecule has 3 nitrogen and oxygen atoms in total. The zero-order chi connectivity index (χ0) is 13.4. The zero-order valence-electron chi connectivity index (χ0n) is 10.9. The van der Waals surface area contributed by atoms with Gasteiger partial charge in [-0.05, 0) is 37.2 Å². The van der Waals surface area contributed by atoms with Gasteiger partial charge in [-0.3, -0.25) is 10.1 Å². The first-order valence-electron chi connectivity index (χ1n) is 6.34. The minimum absolute atomic E-state index is 0.167. The van der Waals surface area contributed by atoms with Gasteiger partial charge in [0.25, 0.3) is 5.91 Å². The summed E-state index contributed by atoms with van der Waals surface area (Å²) in [5, 5.41) is 6.28. The zero-order valence-corrected chi connectivity index (χ0v) is 11.7. The van der Waals surface area contributed by atoms with Crippen LogP contribution in [0.25, 0.3) is 0 Å². The molecule has 0 radical (unpaired) electrons. The van der Waals surface area contributed by atoms with E-state index in [1.54, 1.807) is 12.1 Å². The van der Waals surface area contributed by atoms with Crippen molar-refractivity contribution >= 4 is 23.2 Å². The number of hydrogen-bond donors (Lipinski definition) is 2. The maximum absolute atomic E-state index is 11.8. The average Bonchev–Trinajstić information content (AvgIpc) is 2.39. The van der Waals surface area contributed by atoms with Crippen molar-refractivity contribution in [3.8, 4) is 0 Å². The topological polar surface area (TPSA) is 41.1 Å². The van der Waals surface area contributed by atoms with Gasteiger partial charge >= 0.3 is 0 Å². The lowest BCUT2D eigenvalue weighted by atomic mass is 10.1. The van der Waals surface area contributed by atoms with Crippen LogP contribution in [0.5, 0.6) is 0 Å². The molecule has 0 aliphatic heterocycles. The van der Waals surface area contributed by atoms with Crippen LogP contribution in [-0.2, 0) is 0 Å². The Morgan fingerprint density at radius 3 is 2.50 bits per heavy atom. The van der Waals surface area contributed by atoms with E-state index in [1.165, 1.54) is 0 Å². The predicted molar refractivity (Wildman–Crippen MR) is 78.6 cm³/mol. The van der Waals surface area contributed by atoms with Gasteiger partial charge in [0.05, 0.1) is 0 Å². The first-order chi connectivity index (χ1) is 8.67. The third-order valence-electron chi connectivity index (χ3n) is 2.73. The van der Waals surface area contributed by atoms with E-state index in [0.717, 1.165) is 19.3 Å². The first-order valence-corrected chi connectivity index (χ1v) is 6.75. The summed E-state index contributed by atoms with van der Waals surface area (Å²) in [7, 11) is 0. The molecule has 1 unspecified atom stereocenters. The van der Waals surface area contributed by atoms with E-state index >= 15 is 0 Å². The minimum Gasteiger partial charge on any atom is -0.360 e. The quantitative estimate of drug-likeness (QED) is 0.804. The summed E-state index contributed by atoms with van der Waals surface area (Å²) in [6, 6.07) is 9.40. The minimum atomic E-state index is -0.167. The largest absolute Gasteiger partial charge is 0.360 e. The molecule has 0 aliphatic carbocycles. The third kappa shape index (κ3) is 4.84. The highest BCUT2D eigenvalue weighted by Crippen LogP contribution is 2.01. The highest BCUT2D eigenvalue weighted by molar-refractivity contribution is 7.80. The van der Waals surface area contributed by atoms with E-state index in [2.05, 4.69) is 24.5 Å². The van der Waals surface area contributed by atoms with Crippen molar-refractivity contribution in [3.63, 3.8) is 0 Å². The first kappa shape index (κ1) is 14.6. The Hall–Kier alpha value is -1.42. The monoisotopic (exact) mass is 264 g/mol. The van der Waals surface area contributed by atoms with E-state index in [9.17, 15) is 4.79 Å². The van der Waals surface area contributed by atoms with Gasteiger partial charge in [-0.1, -0.05) is 38.5 Å². The highest BCUT2D eigenvalue weighted by Gasteiger charge is 2.10. The maximum atomic E-state index is 11.8. The van der Waals surface area contributed by atoms with E-state index in [0.29, 0.717) is 16.7 Å². The molecule has 98 valence electrons. The molecule has 1 aromatic rings. The van der Waals surface area contributed by atoms with Gasteiger partial charge in [-0.2, -0.15) is 0 Å². The van der Waals surface area contributed by atoms with Crippen LogP contribution in [0.15, 0.2) is 30.3 Å². The fourth-order valence-corrected chi connectivity index (χ4v) is 1.97. The molecule has 1 atom stereocenters. The standard InChI is InChI=1S/C14H20N2OS/c1-3-8-12(4-2)15-14(18)16-13(17)11-9-6-5-7-10-11/h5-7,9-10,12H,3-4,8H2,1-2H3,(H2,15,16,17,18). The van der Waals surface area contributed by atoms with E-state index in [4.69, 9.17) is 12.2 Å². The molecule has 1 amide bonds. The summed E-state index contributed by atoms with van der Waals surface area (Å²) in [5.74, 6) is -0.167. The Labute approximate surface area is 114 Å². The van der Waals surface area contributed by atoms with Crippen LogP contribution in [0.3, 0.4) is 0 Å². The Bertz CT molecular complexity index is 392. The van der Waals surface area contributed by atoms with Gasteiger partial charge in [0.1, 0.15) is 0 Å². The van der Waals surface area contributed by atoms with Crippen molar-refractivity contribution in [1.29, 1.82) is 0 Å². The number of hydrogen-bond acceptors (Lipinski definition) is 2. The van der Waals surface area contributed by atoms with Crippen LogP contribution >= 0.6 is 12.2 Å². The molecule has 0 aromatic heterocycles. The molecule has 1 aromatic carbocycles. The van der Waals surface area contributed by atoms with Crippen molar-refractivity contribution < 1.29 is 4.79 Å². The number of rotatable bonds is 5. The van der Waals surface area contributed by atoms with Gasteiger partial charge in [0, 0.05) is 11.6 Å². The fraction of sp³-hybridized carbons (Fsp3) is 0.429. The molecular formula is C14H20N2OS. The molecule has 0 saturated carbocycles. The average molecular weight is 264 g/mol. The second-order valence-electron chi connectivity index (χ2n) is 4.19. The molecule has 0 spiro atoms. The lowest BCUT2D eigenvalue weighted by molar-refractivity contribution is 0.0976. The van der Waals surface area contributed by atoms with Gasteiger partial charge in [-0.15, -0.1) is 0 Å². The normalized spacial score (nSPS) is 11.7. The Kier molecular flexibility index (Phi) is 6.36. The molecule has 0 aliphatic rings. The Morgan fingerprint density at radius 1 is 1.28 bits per heavy atom. The summed E-state index contributed by atoms with van der Waals surface area (Å²) in [6.07, 6.45) is 3.15. The van der Waals surface area contributed by atoms with Gasteiger partial charge in [0.2, 0.25) is 0 Å². The number of carbonyl (C=O) groups is 1. The van der Waals surface area contributed by atoms with Crippen LogP contribution in [0, 0.1) is 0 Å². The van der Waals surface area contributed by atoms with Crippen molar-refractivity contribution in [2.24, 2.45) is 0 Å². The van der Waals surface area contributed by atoms with Crippen LogP contribution in [-0.4, -0.2) is 17.1 Å². The number of thiocarbonyl (C=S) groups is 1. The summed E-state index contributed by atoms with van der Waals surface area (Å²) >= 11 is 5.14. The molecule has 0 bridgehead atoms. The molecule has 18 heavy (non-hydrogen) atoms. The smallest absolute Gasteiger partial charge is 0.257 e. The molecule has 1 rings (SSSR count). The van der Waals surface area contributed by atoms with Gasteiger partial charge in [-0.25, -0.2) is 0 Å². The summed E-state index contributed by atoms with van der Waals surface area (Å²) < 4.78 is 0. The van der Waals surface area contributed by atoms with E-state index in [-0.39, 0.29) is 5.91 Å². The van der Waals surface area contributed by atoms with Crippen molar-refractivity contribution in [2.45, 2.75) is 39.2 Å². The summed E-state index contributed by atoms with van der Waals surface area (Å²) in [4.78, 5) is 11.8. The van der Waals surface area contributed by atoms with Crippen LogP contribution in [0.1, 0.15) is 43.5 Å². The summed E-state index contributed by atoms with van der Waals surface area (Å²) in [6.45, 7) is 4.24. The second kappa shape index (κ2) is 7.82. The van der Waals surface area contributed by atoms with Crippen molar-refractivity contribution in [1.82, 2.24) is 10.6 Å². The summed E-state index contributed by atoms with van der Waals surface area (Å²) in [5.41, 5.74) is 0.616. The number of carbonyl (C=O) groups excluding carboxylic acids is 1. The Balaban J connectivity index is 2.47. The van der Waals surface area contributed by atoms with E-state index in [1.807, 2.05) is 18.2 Å². The predicted octanol–water partition coefficient (Wildman–Crippen LogP) is 2.87. The lowest BCUT2D eigenvalue weighted by Gasteiger charge is -2.18. The van der Waals surface area contributed by atoms with Crippen LogP contribution in [0.4, 0.5) is 0 Å². The van der Waals surface area contributed by atoms with Crippen molar-refractivity contribution in [3.05, 3.63) is 35.9 Å². The fourth-order valence-electron chi connectivity index (χ4n) is 1.71. The molecule has 0 fully saturated rings. The highest BCUT2D eigenvalue weighted by atomic mass is 32.1. The van der Waals surface area contributed by atoms with E-state index < -0.39 is 0 Å².